The number of carbonyl (C=O) groups excluding carboxylic acids is 2. The smallest absolute Gasteiger partial charge is 0.245 e. The molecule has 5 nitrogen and oxygen atoms in total. The predicted octanol–water partition coefficient (Wildman–Crippen LogP) is 0.195. The molecule has 2 atom stereocenters. The zero-order valence-electron chi connectivity index (χ0n) is 11.1. The largest absolute Gasteiger partial charge is 0.341 e. The van der Waals surface area contributed by atoms with Crippen LogP contribution in [0.5, 0.6) is 0 Å². The topological polar surface area (TPSA) is 66.6 Å². The Hall–Kier alpha value is -1.10. The Bertz CT molecular complexity index is 326. The van der Waals surface area contributed by atoms with Gasteiger partial charge in [0.2, 0.25) is 11.8 Å². The van der Waals surface area contributed by atoms with Crippen molar-refractivity contribution in [1.82, 2.24) is 9.80 Å². The highest BCUT2D eigenvalue weighted by Crippen LogP contribution is 2.21. The van der Waals surface area contributed by atoms with Gasteiger partial charge in [0.05, 0.1) is 0 Å². The summed E-state index contributed by atoms with van der Waals surface area (Å²) in [7, 11) is 0. The normalized spacial score (nSPS) is 26.6. The molecule has 0 aromatic heterocycles. The van der Waals surface area contributed by atoms with Crippen LogP contribution in [0.25, 0.3) is 0 Å². The molecule has 2 N–H and O–H groups in total. The van der Waals surface area contributed by atoms with E-state index < -0.39 is 0 Å². The number of nitrogens with zero attached hydrogens (tertiary/aromatic N) is 2. The van der Waals surface area contributed by atoms with Crippen molar-refractivity contribution in [2.45, 2.75) is 38.6 Å². The molecule has 0 aromatic carbocycles. The molecule has 0 saturated carbocycles. The van der Waals surface area contributed by atoms with Crippen LogP contribution >= 0.6 is 0 Å². The molecule has 2 rings (SSSR count). The van der Waals surface area contributed by atoms with E-state index in [1.165, 1.54) is 6.42 Å². The number of piperidine rings is 1. The van der Waals surface area contributed by atoms with Gasteiger partial charge < -0.3 is 15.5 Å². The average molecular weight is 253 g/mol. The van der Waals surface area contributed by atoms with Crippen LogP contribution in [0.15, 0.2) is 0 Å². The van der Waals surface area contributed by atoms with E-state index in [-0.39, 0.29) is 23.8 Å². The van der Waals surface area contributed by atoms with Crippen LogP contribution in [0.4, 0.5) is 0 Å². The lowest BCUT2D eigenvalue weighted by Gasteiger charge is -2.32. The first kappa shape index (κ1) is 13.3. The van der Waals surface area contributed by atoms with Crippen molar-refractivity contribution >= 4 is 11.8 Å². The molecule has 2 unspecified atom stereocenters. The maximum Gasteiger partial charge on any atom is 0.245 e. The molecule has 0 aliphatic carbocycles. The summed E-state index contributed by atoms with van der Waals surface area (Å²) in [5.41, 5.74) is 5.60. The molecule has 5 heteroatoms. The molecule has 0 aromatic rings. The molecule has 2 heterocycles. The second-order valence-electron chi connectivity index (χ2n) is 5.41. The van der Waals surface area contributed by atoms with Crippen LogP contribution in [0, 0.1) is 5.92 Å². The predicted molar refractivity (Wildman–Crippen MR) is 68.8 cm³/mol. The zero-order valence-corrected chi connectivity index (χ0v) is 11.1. The molecule has 102 valence electrons. The summed E-state index contributed by atoms with van der Waals surface area (Å²) in [4.78, 5) is 27.8. The monoisotopic (exact) mass is 253 g/mol. The maximum atomic E-state index is 12.3. The summed E-state index contributed by atoms with van der Waals surface area (Å²) in [5, 5.41) is 0. The molecule has 0 spiro atoms. The standard InChI is InChI=1S/C13H23N3O2/c1-10(13(18)15-5-3-2-4-6-15)16-9-11(8-14)7-12(16)17/h10-11H,2-9,14H2,1H3. The van der Waals surface area contributed by atoms with Gasteiger partial charge in [-0.25, -0.2) is 0 Å². The van der Waals surface area contributed by atoms with E-state index in [4.69, 9.17) is 5.73 Å². The SMILES string of the molecule is CC(C(=O)N1CCCCC1)N1CC(CN)CC1=O. The quantitative estimate of drug-likeness (QED) is 0.781. The van der Waals surface area contributed by atoms with E-state index >= 15 is 0 Å². The minimum Gasteiger partial charge on any atom is -0.341 e. The van der Waals surface area contributed by atoms with Gasteiger partial charge in [-0.3, -0.25) is 9.59 Å². The Labute approximate surface area is 108 Å². The van der Waals surface area contributed by atoms with Crippen molar-refractivity contribution < 1.29 is 9.59 Å². The first-order valence-corrected chi connectivity index (χ1v) is 6.91. The lowest BCUT2D eigenvalue weighted by Crippen LogP contribution is -2.49. The van der Waals surface area contributed by atoms with E-state index in [0.717, 1.165) is 25.9 Å². The van der Waals surface area contributed by atoms with Gasteiger partial charge in [0, 0.05) is 26.1 Å². The second kappa shape index (κ2) is 5.69. The van der Waals surface area contributed by atoms with Crippen molar-refractivity contribution in [3.63, 3.8) is 0 Å². The van der Waals surface area contributed by atoms with Gasteiger partial charge >= 0.3 is 0 Å². The van der Waals surface area contributed by atoms with Crippen molar-refractivity contribution in [3.8, 4) is 0 Å². The molecule has 2 amide bonds. The molecule has 2 aliphatic heterocycles. The Kier molecular flexibility index (Phi) is 4.22. The number of nitrogens with two attached hydrogens (primary N) is 1. The number of amides is 2. The maximum absolute atomic E-state index is 12.3. The zero-order chi connectivity index (χ0) is 13.1. The molecule has 18 heavy (non-hydrogen) atoms. The molecular weight excluding hydrogens is 230 g/mol. The molecule has 2 aliphatic rings. The summed E-state index contributed by atoms with van der Waals surface area (Å²) in [6.07, 6.45) is 3.86. The van der Waals surface area contributed by atoms with Gasteiger partial charge in [0.15, 0.2) is 0 Å². The Morgan fingerprint density at radius 3 is 2.61 bits per heavy atom. The van der Waals surface area contributed by atoms with E-state index in [2.05, 4.69) is 0 Å². The molecule has 2 saturated heterocycles. The van der Waals surface area contributed by atoms with E-state index in [1.54, 1.807) is 4.90 Å². The van der Waals surface area contributed by atoms with Crippen LogP contribution in [-0.4, -0.2) is 53.8 Å². The highest BCUT2D eigenvalue weighted by atomic mass is 16.2. The second-order valence-corrected chi connectivity index (χ2v) is 5.41. The number of rotatable bonds is 3. The van der Waals surface area contributed by atoms with Gasteiger partial charge in [0.25, 0.3) is 0 Å². The van der Waals surface area contributed by atoms with Crippen LogP contribution < -0.4 is 5.73 Å². The number of hydrogen-bond donors (Lipinski definition) is 1. The first-order chi connectivity index (χ1) is 8.63. The van der Waals surface area contributed by atoms with Gasteiger partial charge in [0.1, 0.15) is 6.04 Å². The van der Waals surface area contributed by atoms with Gasteiger partial charge in [-0.15, -0.1) is 0 Å². The minimum absolute atomic E-state index is 0.0725. The molecule has 0 bridgehead atoms. The average Bonchev–Trinajstić information content (AvgIpc) is 2.79. The van der Waals surface area contributed by atoms with E-state index in [9.17, 15) is 9.59 Å². The Morgan fingerprint density at radius 1 is 1.39 bits per heavy atom. The number of carbonyl (C=O) groups is 2. The minimum atomic E-state index is -0.327. The lowest BCUT2D eigenvalue weighted by molar-refractivity contribution is -0.143. The van der Waals surface area contributed by atoms with Gasteiger partial charge in [-0.05, 0) is 38.6 Å². The van der Waals surface area contributed by atoms with Crippen molar-refractivity contribution in [2.75, 3.05) is 26.2 Å². The fourth-order valence-corrected chi connectivity index (χ4v) is 2.85. The summed E-state index contributed by atoms with van der Waals surface area (Å²) in [6.45, 7) is 4.67. The van der Waals surface area contributed by atoms with Crippen molar-refractivity contribution in [3.05, 3.63) is 0 Å². The third kappa shape index (κ3) is 2.66. The van der Waals surface area contributed by atoms with Crippen molar-refractivity contribution in [1.29, 1.82) is 0 Å². The molecule has 0 radical (unpaired) electrons. The Balaban J connectivity index is 1.95. The van der Waals surface area contributed by atoms with E-state index in [0.29, 0.717) is 19.5 Å². The number of likely N-dealkylation sites (tertiary alicyclic amines) is 2. The summed E-state index contributed by atoms with van der Waals surface area (Å²) >= 11 is 0. The first-order valence-electron chi connectivity index (χ1n) is 6.91. The summed E-state index contributed by atoms with van der Waals surface area (Å²) in [5.74, 6) is 0.387. The lowest BCUT2D eigenvalue weighted by atomic mass is 10.1. The van der Waals surface area contributed by atoms with Crippen LogP contribution in [0.3, 0.4) is 0 Å². The van der Waals surface area contributed by atoms with Crippen LogP contribution in [0.1, 0.15) is 32.6 Å². The van der Waals surface area contributed by atoms with Crippen molar-refractivity contribution in [2.24, 2.45) is 11.7 Å². The van der Waals surface area contributed by atoms with Crippen LogP contribution in [0.2, 0.25) is 0 Å². The third-order valence-corrected chi connectivity index (χ3v) is 4.06. The van der Waals surface area contributed by atoms with Gasteiger partial charge in [-0.2, -0.15) is 0 Å². The number of hydrogen-bond acceptors (Lipinski definition) is 3. The third-order valence-electron chi connectivity index (χ3n) is 4.06. The van der Waals surface area contributed by atoms with Gasteiger partial charge in [-0.1, -0.05) is 0 Å². The molecular formula is C13H23N3O2. The fourth-order valence-electron chi connectivity index (χ4n) is 2.85. The van der Waals surface area contributed by atoms with E-state index in [1.807, 2.05) is 11.8 Å². The van der Waals surface area contributed by atoms with Crippen LogP contribution in [-0.2, 0) is 9.59 Å². The highest BCUT2D eigenvalue weighted by molar-refractivity contribution is 5.88. The summed E-state index contributed by atoms with van der Waals surface area (Å²) in [6, 6.07) is -0.327. The highest BCUT2D eigenvalue weighted by Gasteiger charge is 2.36. The molecule has 2 fully saturated rings. The fraction of sp³-hybridized carbons (Fsp3) is 0.846. The Morgan fingerprint density at radius 2 is 2.06 bits per heavy atom. The summed E-state index contributed by atoms with van der Waals surface area (Å²) < 4.78 is 0.